The first-order valence-electron chi connectivity index (χ1n) is 11.2. The average molecular weight is 475 g/mol. The molecule has 0 saturated carbocycles. The molecule has 152 valence electrons. The van der Waals surface area contributed by atoms with Crippen LogP contribution >= 0.6 is 0 Å². The molecular weight excluding hydrogens is 452 g/mol. The molecule has 0 unspecified atom stereocenters. The number of halogens is 1. The Hall–Kier alpha value is -2.94. The first-order valence-corrected chi connectivity index (χ1v) is 12.3. The van der Waals surface area contributed by atoms with Crippen molar-refractivity contribution < 1.29 is 16.1 Å². The van der Waals surface area contributed by atoms with Crippen LogP contribution in [0.4, 0.5) is 4.39 Å². The molecule has 1 aliphatic heterocycles. The number of rotatable bonds is 2. The van der Waals surface area contributed by atoms with Crippen LogP contribution in [0.5, 0.6) is 0 Å². The zero-order chi connectivity index (χ0) is 22.9. The van der Waals surface area contributed by atoms with E-state index in [1.165, 1.54) is 6.07 Å². The van der Waals surface area contributed by atoms with Gasteiger partial charge in [-0.3, -0.25) is 0 Å². The fourth-order valence-electron chi connectivity index (χ4n) is 4.54. The van der Waals surface area contributed by atoms with Gasteiger partial charge in [0.2, 0.25) is 0 Å². The number of benzene rings is 3. The van der Waals surface area contributed by atoms with Crippen LogP contribution in [-0.2, 0) is 13.4 Å². The van der Waals surface area contributed by atoms with Gasteiger partial charge in [-0.15, -0.1) is 0 Å². The summed E-state index contributed by atoms with van der Waals surface area (Å²) < 4.78 is 41.6. The third-order valence-electron chi connectivity index (χ3n) is 6.04. The molecule has 0 fully saturated rings. The van der Waals surface area contributed by atoms with Crippen molar-refractivity contribution in [3.05, 3.63) is 83.8 Å². The van der Waals surface area contributed by atoms with Gasteiger partial charge in [-0.2, -0.15) is 0 Å². The van der Waals surface area contributed by atoms with E-state index in [9.17, 15) is 0 Å². The van der Waals surface area contributed by atoms with E-state index in [0.717, 1.165) is 43.2 Å². The number of aryl methyl sites for hydroxylation is 3. The molecule has 4 heteroatoms. The van der Waals surface area contributed by atoms with Crippen LogP contribution in [-0.4, -0.2) is 15.0 Å². The zero-order valence-electron chi connectivity index (χ0n) is 19.2. The summed E-state index contributed by atoms with van der Waals surface area (Å²) in [5.74, 6) is -0.346. The molecule has 6 rings (SSSR count). The Morgan fingerprint density at radius 2 is 1.77 bits per heavy atom. The molecule has 31 heavy (non-hydrogen) atoms. The molecule has 2 aromatic heterocycles. The summed E-state index contributed by atoms with van der Waals surface area (Å²) in [7, 11) is 2.00. The number of pyridine rings is 1. The van der Waals surface area contributed by atoms with Crippen LogP contribution in [0.25, 0.3) is 44.3 Å². The van der Waals surface area contributed by atoms with Crippen LogP contribution in [0.1, 0.15) is 13.9 Å². The maximum atomic E-state index is 15.4. The SMILES string of the molecule is [2H]C1([2H])C[Se]c2c(-c3c(F)ccc4c3oc3c(-c5cccc[n+]5C)c(C)ccc34)cccc21. The predicted molar refractivity (Wildman–Crippen MR) is 124 cm³/mol. The second kappa shape index (κ2) is 7.05. The summed E-state index contributed by atoms with van der Waals surface area (Å²) in [4.78, 5) is 0. The van der Waals surface area contributed by atoms with Gasteiger partial charge in [0.15, 0.2) is 0 Å². The Labute approximate surface area is 189 Å². The van der Waals surface area contributed by atoms with Gasteiger partial charge in [0.1, 0.15) is 0 Å². The minimum atomic E-state index is -1.37. The van der Waals surface area contributed by atoms with Gasteiger partial charge in [0.05, 0.1) is 0 Å². The molecule has 5 aromatic rings. The molecular formula is C27H21FNOSe+. The number of hydrogen-bond acceptors (Lipinski definition) is 1. The number of fused-ring (bicyclic) bond motifs is 4. The van der Waals surface area contributed by atoms with Gasteiger partial charge in [-0.05, 0) is 0 Å². The Morgan fingerprint density at radius 3 is 2.61 bits per heavy atom. The first-order chi connectivity index (χ1) is 15.9. The van der Waals surface area contributed by atoms with Crippen molar-refractivity contribution in [1.82, 2.24) is 0 Å². The number of aromatic nitrogens is 1. The molecule has 0 saturated heterocycles. The quantitative estimate of drug-likeness (QED) is 0.244. The van der Waals surface area contributed by atoms with E-state index in [1.54, 1.807) is 6.07 Å². The Morgan fingerprint density at radius 1 is 0.968 bits per heavy atom. The molecule has 0 bridgehead atoms. The van der Waals surface area contributed by atoms with Crippen molar-refractivity contribution in [3.63, 3.8) is 0 Å². The summed E-state index contributed by atoms with van der Waals surface area (Å²) >= 11 is -0.0599. The van der Waals surface area contributed by atoms with E-state index in [1.807, 2.05) is 49.6 Å². The van der Waals surface area contributed by atoms with E-state index < -0.39 is 6.37 Å². The summed E-state index contributed by atoms with van der Waals surface area (Å²) in [6.45, 7) is 2.06. The fourth-order valence-corrected chi connectivity index (χ4v) is 6.63. The van der Waals surface area contributed by atoms with Crippen LogP contribution in [0.3, 0.4) is 0 Å². The normalized spacial score (nSPS) is 15.8. The van der Waals surface area contributed by atoms with Gasteiger partial charge >= 0.3 is 189 Å². The third-order valence-corrected chi connectivity index (χ3v) is 8.18. The number of hydrogen-bond donors (Lipinski definition) is 0. The molecule has 0 radical (unpaired) electrons. The molecule has 0 atom stereocenters. The van der Waals surface area contributed by atoms with Gasteiger partial charge in [0.25, 0.3) is 0 Å². The Bertz CT molecular complexity index is 1590. The van der Waals surface area contributed by atoms with E-state index in [2.05, 4.69) is 23.6 Å². The van der Waals surface area contributed by atoms with Gasteiger partial charge < -0.3 is 0 Å². The molecule has 1 aliphatic rings. The predicted octanol–water partition coefficient (Wildman–Crippen LogP) is 5.50. The van der Waals surface area contributed by atoms with Gasteiger partial charge in [-0.1, -0.05) is 0 Å². The summed E-state index contributed by atoms with van der Waals surface area (Å²) in [5.41, 5.74) is 6.23. The molecule has 3 heterocycles. The number of nitrogens with zero attached hydrogens (tertiary/aromatic N) is 1. The van der Waals surface area contributed by atoms with Crippen molar-refractivity contribution in [2.45, 2.75) is 18.6 Å². The Balaban J connectivity index is 1.71. The third kappa shape index (κ3) is 2.79. The summed E-state index contributed by atoms with van der Waals surface area (Å²) in [5, 5.41) is 2.29. The molecule has 0 amide bonds. The van der Waals surface area contributed by atoms with Crippen molar-refractivity contribution in [2.75, 3.05) is 0 Å². The average Bonchev–Trinajstić information content (AvgIpc) is 3.31. The van der Waals surface area contributed by atoms with Crippen LogP contribution in [0, 0.1) is 12.7 Å². The second-order valence-corrected chi connectivity index (χ2v) is 9.95. The van der Waals surface area contributed by atoms with Crippen LogP contribution in [0.15, 0.2) is 71.3 Å². The zero-order valence-corrected chi connectivity index (χ0v) is 18.9. The monoisotopic (exact) mass is 476 g/mol. The number of furan rings is 1. The standard InChI is InChI=1S/C27H21FNOSe/c1-16-9-10-18-19-11-12-21(28)24(20-7-5-6-17-13-15-31-27(17)20)26(19)30-25(18)23(16)22-8-3-4-14-29(22)2/h3-12,14H,13,15H2,1-2H3/q+1/i13D2. The molecule has 0 aliphatic carbocycles. The van der Waals surface area contributed by atoms with Crippen LogP contribution < -0.4 is 9.03 Å². The van der Waals surface area contributed by atoms with E-state index >= 15 is 4.39 Å². The van der Waals surface area contributed by atoms with E-state index in [-0.39, 0.29) is 20.8 Å². The summed E-state index contributed by atoms with van der Waals surface area (Å²) in [6, 6.07) is 19.0. The second-order valence-electron chi connectivity index (χ2n) is 7.88. The Kier molecular flexibility index (Phi) is 3.80. The fraction of sp³-hybridized carbons (Fsp3) is 0.148. The van der Waals surface area contributed by atoms with Gasteiger partial charge in [-0.25, -0.2) is 0 Å². The summed E-state index contributed by atoms with van der Waals surface area (Å²) in [6.07, 6.45) is 0.639. The van der Waals surface area contributed by atoms with Crippen molar-refractivity contribution in [1.29, 1.82) is 0 Å². The molecule has 0 N–H and O–H groups in total. The maximum absolute atomic E-state index is 15.4. The minimum absolute atomic E-state index is 0.0599. The topological polar surface area (TPSA) is 17.0 Å². The molecule has 2 nitrogen and oxygen atoms in total. The van der Waals surface area contributed by atoms with E-state index in [0.29, 0.717) is 22.0 Å². The van der Waals surface area contributed by atoms with Crippen molar-refractivity contribution in [3.8, 4) is 22.4 Å². The molecule has 3 aromatic carbocycles. The molecule has 0 spiro atoms. The van der Waals surface area contributed by atoms with Crippen LogP contribution in [0.2, 0.25) is 5.32 Å². The van der Waals surface area contributed by atoms with Gasteiger partial charge in [0, 0.05) is 0 Å². The van der Waals surface area contributed by atoms with Crippen molar-refractivity contribution in [2.24, 2.45) is 7.05 Å². The van der Waals surface area contributed by atoms with E-state index in [4.69, 9.17) is 7.16 Å². The first kappa shape index (κ1) is 16.7. The van der Waals surface area contributed by atoms with Crippen molar-refractivity contribution >= 4 is 41.4 Å².